The van der Waals surface area contributed by atoms with Crippen LogP contribution in [0.1, 0.15) is 47.7 Å². The molecule has 0 saturated carbocycles. The Bertz CT molecular complexity index is 512. The number of piperidine rings is 1. The van der Waals surface area contributed by atoms with E-state index in [0.717, 1.165) is 44.3 Å². The monoisotopic (exact) mass is 273 g/mol. The zero-order valence-corrected chi connectivity index (χ0v) is 12.2. The summed E-state index contributed by atoms with van der Waals surface area (Å²) in [5, 5.41) is 9.94. The molecule has 0 atom stereocenters. The van der Waals surface area contributed by atoms with Gasteiger partial charge in [-0.1, -0.05) is 12.1 Å². The molecule has 108 valence electrons. The summed E-state index contributed by atoms with van der Waals surface area (Å²) in [4.78, 5) is 14.5. The maximum Gasteiger partial charge on any atom is 0.176 e. The summed E-state index contributed by atoms with van der Waals surface area (Å²) < 4.78 is 0. The molecule has 1 aliphatic heterocycles. The Morgan fingerprint density at radius 2 is 1.95 bits per heavy atom. The number of rotatable bonds is 3. The molecule has 2 aliphatic rings. The van der Waals surface area contributed by atoms with Crippen LogP contribution >= 0.6 is 0 Å². The molecule has 1 saturated heterocycles. The van der Waals surface area contributed by atoms with E-state index in [2.05, 4.69) is 17.0 Å². The first kappa shape index (κ1) is 13.8. The van der Waals surface area contributed by atoms with Gasteiger partial charge in [0.25, 0.3) is 0 Å². The minimum Gasteiger partial charge on any atom is -0.390 e. The van der Waals surface area contributed by atoms with E-state index < -0.39 is 5.60 Å². The van der Waals surface area contributed by atoms with Gasteiger partial charge in [-0.25, -0.2) is 0 Å². The number of carbonyl (C=O) groups is 1. The van der Waals surface area contributed by atoms with Crippen molar-refractivity contribution in [2.24, 2.45) is 0 Å². The summed E-state index contributed by atoms with van der Waals surface area (Å²) in [6, 6.07) is 6.19. The Morgan fingerprint density at radius 3 is 2.70 bits per heavy atom. The third kappa shape index (κ3) is 2.94. The average Bonchev–Trinajstić information content (AvgIpc) is 2.88. The summed E-state index contributed by atoms with van der Waals surface area (Å²) in [6.07, 6.45) is 5.00. The molecule has 0 unspecified atom stereocenters. The molecule has 3 rings (SSSR count). The molecule has 0 bridgehead atoms. The molecule has 0 radical (unpaired) electrons. The molecule has 3 heteroatoms. The van der Waals surface area contributed by atoms with Crippen LogP contribution in [0.15, 0.2) is 18.2 Å². The van der Waals surface area contributed by atoms with E-state index in [1.54, 1.807) is 0 Å². The van der Waals surface area contributed by atoms with E-state index in [1.165, 1.54) is 17.5 Å². The summed E-state index contributed by atoms with van der Waals surface area (Å²) in [7, 11) is 0. The van der Waals surface area contributed by atoms with Crippen LogP contribution in [-0.4, -0.2) is 41.0 Å². The van der Waals surface area contributed by atoms with Crippen molar-refractivity contribution in [2.75, 3.05) is 19.6 Å². The quantitative estimate of drug-likeness (QED) is 0.858. The molecular formula is C17H23NO2. The predicted octanol–water partition coefficient (Wildman–Crippen LogP) is 2.20. The van der Waals surface area contributed by atoms with Crippen molar-refractivity contribution in [1.29, 1.82) is 0 Å². The SMILES string of the molecule is CC1(O)CCN(CC(=O)c2ccc3c(c2)CCC3)CC1. The maximum atomic E-state index is 12.4. The Morgan fingerprint density at radius 1 is 1.25 bits per heavy atom. The van der Waals surface area contributed by atoms with Gasteiger partial charge in [-0.05, 0) is 56.2 Å². The number of benzene rings is 1. The highest BCUT2D eigenvalue weighted by molar-refractivity contribution is 5.97. The molecule has 3 nitrogen and oxygen atoms in total. The molecular weight excluding hydrogens is 250 g/mol. The van der Waals surface area contributed by atoms with Crippen molar-refractivity contribution >= 4 is 5.78 Å². The number of hydrogen-bond donors (Lipinski definition) is 1. The van der Waals surface area contributed by atoms with Gasteiger partial charge < -0.3 is 5.11 Å². The third-order valence-electron chi connectivity index (χ3n) is 4.72. The van der Waals surface area contributed by atoms with Gasteiger partial charge in [-0.3, -0.25) is 9.69 Å². The highest BCUT2D eigenvalue weighted by Gasteiger charge is 2.28. The lowest BCUT2D eigenvalue weighted by Gasteiger charge is -2.35. The first-order valence-electron chi connectivity index (χ1n) is 7.63. The topological polar surface area (TPSA) is 40.5 Å². The smallest absolute Gasteiger partial charge is 0.176 e. The molecule has 1 N–H and O–H groups in total. The Balaban J connectivity index is 1.62. The number of nitrogens with zero attached hydrogens (tertiary/aromatic N) is 1. The van der Waals surface area contributed by atoms with E-state index in [1.807, 2.05) is 13.0 Å². The number of hydrogen-bond acceptors (Lipinski definition) is 3. The van der Waals surface area contributed by atoms with Gasteiger partial charge in [0, 0.05) is 18.7 Å². The number of fused-ring (bicyclic) bond motifs is 1. The second-order valence-electron chi connectivity index (χ2n) is 6.53. The summed E-state index contributed by atoms with van der Waals surface area (Å²) >= 11 is 0. The van der Waals surface area contributed by atoms with E-state index >= 15 is 0 Å². The fourth-order valence-corrected chi connectivity index (χ4v) is 3.23. The molecule has 1 aromatic rings. The second-order valence-corrected chi connectivity index (χ2v) is 6.53. The average molecular weight is 273 g/mol. The van der Waals surface area contributed by atoms with Crippen LogP contribution in [0.2, 0.25) is 0 Å². The van der Waals surface area contributed by atoms with Crippen molar-refractivity contribution in [2.45, 2.75) is 44.6 Å². The van der Waals surface area contributed by atoms with Gasteiger partial charge in [0.2, 0.25) is 0 Å². The molecule has 0 amide bonds. The van der Waals surface area contributed by atoms with E-state index in [0.29, 0.717) is 6.54 Å². The van der Waals surface area contributed by atoms with Gasteiger partial charge >= 0.3 is 0 Å². The minimum atomic E-state index is -0.548. The lowest BCUT2D eigenvalue weighted by Crippen LogP contribution is -2.44. The largest absolute Gasteiger partial charge is 0.390 e. The lowest BCUT2D eigenvalue weighted by molar-refractivity contribution is -0.00420. The normalized spacial score (nSPS) is 21.7. The molecule has 0 spiro atoms. The second kappa shape index (κ2) is 5.30. The number of aliphatic hydroxyl groups is 1. The van der Waals surface area contributed by atoms with Crippen molar-refractivity contribution in [1.82, 2.24) is 4.90 Å². The molecule has 1 fully saturated rings. The highest BCUT2D eigenvalue weighted by Crippen LogP contribution is 2.24. The van der Waals surface area contributed by atoms with E-state index in [-0.39, 0.29) is 5.78 Å². The Kier molecular flexibility index (Phi) is 3.65. The molecule has 20 heavy (non-hydrogen) atoms. The van der Waals surface area contributed by atoms with Crippen LogP contribution < -0.4 is 0 Å². The zero-order valence-electron chi connectivity index (χ0n) is 12.2. The summed E-state index contributed by atoms with van der Waals surface area (Å²) in [5.41, 5.74) is 3.07. The molecule has 1 aliphatic carbocycles. The van der Waals surface area contributed by atoms with Crippen molar-refractivity contribution < 1.29 is 9.90 Å². The molecule has 1 aromatic carbocycles. The van der Waals surface area contributed by atoms with Crippen LogP contribution in [0.5, 0.6) is 0 Å². The number of aryl methyl sites for hydroxylation is 2. The van der Waals surface area contributed by atoms with Gasteiger partial charge in [0.05, 0.1) is 12.1 Å². The Labute approximate surface area is 120 Å². The van der Waals surface area contributed by atoms with Crippen LogP contribution in [0.3, 0.4) is 0 Å². The number of carbonyl (C=O) groups excluding carboxylic acids is 1. The fraction of sp³-hybridized carbons (Fsp3) is 0.588. The molecule has 1 heterocycles. The summed E-state index contributed by atoms with van der Waals surface area (Å²) in [6.45, 7) is 3.98. The number of Topliss-reactive ketones (excluding diaryl/α,β-unsaturated/α-hetero) is 1. The zero-order chi connectivity index (χ0) is 14.2. The minimum absolute atomic E-state index is 0.209. The predicted molar refractivity (Wildman–Crippen MR) is 79.1 cm³/mol. The van der Waals surface area contributed by atoms with E-state index in [9.17, 15) is 9.90 Å². The Hall–Kier alpha value is -1.19. The highest BCUT2D eigenvalue weighted by atomic mass is 16.3. The van der Waals surface area contributed by atoms with Crippen molar-refractivity contribution in [3.05, 3.63) is 34.9 Å². The van der Waals surface area contributed by atoms with Crippen LogP contribution in [0.25, 0.3) is 0 Å². The van der Waals surface area contributed by atoms with Gasteiger partial charge in [-0.15, -0.1) is 0 Å². The standard InChI is InChI=1S/C17H23NO2/c1-17(20)7-9-18(10-8-17)12-16(19)15-6-5-13-3-2-4-14(13)11-15/h5-6,11,20H,2-4,7-10,12H2,1H3. The fourth-order valence-electron chi connectivity index (χ4n) is 3.23. The first-order chi connectivity index (χ1) is 9.53. The summed E-state index contributed by atoms with van der Waals surface area (Å²) in [5.74, 6) is 0.209. The van der Waals surface area contributed by atoms with Crippen molar-refractivity contribution in [3.8, 4) is 0 Å². The van der Waals surface area contributed by atoms with Crippen molar-refractivity contribution in [3.63, 3.8) is 0 Å². The number of ketones is 1. The maximum absolute atomic E-state index is 12.4. The van der Waals surface area contributed by atoms with Gasteiger partial charge in [0.1, 0.15) is 0 Å². The van der Waals surface area contributed by atoms with Gasteiger partial charge in [0.15, 0.2) is 5.78 Å². The van der Waals surface area contributed by atoms with E-state index in [4.69, 9.17) is 0 Å². The third-order valence-corrected chi connectivity index (χ3v) is 4.72. The van der Waals surface area contributed by atoms with Crippen LogP contribution in [0, 0.1) is 0 Å². The molecule has 0 aromatic heterocycles. The van der Waals surface area contributed by atoms with Gasteiger partial charge in [-0.2, -0.15) is 0 Å². The lowest BCUT2D eigenvalue weighted by atomic mass is 9.93. The van der Waals surface area contributed by atoms with Crippen LogP contribution in [0.4, 0.5) is 0 Å². The van der Waals surface area contributed by atoms with Crippen LogP contribution in [-0.2, 0) is 12.8 Å². The number of likely N-dealkylation sites (tertiary alicyclic amines) is 1. The first-order valence-corrected chi connectivity index (χ1v) is 7.63.